The van der Waals surface area contributed by atoms with Crippen LogP contribution in [0, 0.1) is 46.3 Å². The molecule has 4 saturated carbocycles. The molecule has 4 aliphatic carbocycles. The van der Waals surface area contributed by atoms with Gasteiger partial charge in [-0.1, -0.05) is 71.9 Å². The Morgan fingerprint density at radius 1 is 0.915 bits per heavy atom. The normalized spacial score (nSPS) is 39.9. The van der Waals surface area contributed by atoms with Crippen molar-refractivity contribution in [2.75, 3.05) is 13.2 Å². The number of hydrogen-bond donors (Lipinski definition) is 0. The highest BCUT2D eigenvalue weighted by Gasteiger charge is 2.63. The average molecular weight is 667 g/mol. The maximum atomic E-state index is 7.13. The van der Waals surface area contributed by atoms with Gasteiger partial charge in [0.2, 0.25) is 0 Å². The molecule has 5 fully saturated rings. The lowest BCUT2D eigenvalue weighted by Gasteiger charge is -2.63. The number of fused-ring (bicyclic) bond motifs is 5. The maximum absolute atomic E-state index is 7.13. The maximum Gasteiger partial charge on any atom is 0.191 e. The molecule has 11 atom stereocenters. The number of rotatable bonds is 11. The lowest BCUT2D eigenvalue weighted by atomic mass is 9.43. The van der Waals surface area contributed by atoms with E-state index in [1.54, 1.807) is 0 Å². The van der Waals surface area contributed by atoms with Gasteiger partial charge >= 0.3 is 0 Å². The van der Waals surface area contributed by atoms with Crippen molar-refractivity contribution < 1.29 is 18.6 Å². The van der Waals surface area contributed by atoms with Gasteiger partial charge in [-0.15, -0.1) is 0 Å². The molecule has 1 heterocycles. The van der Waals surface area contributed by atoms with Crippen LogP contribution in [0.1, 0.15) is 131 Å². The van der Waals surface area contributed by atoms with E-state index in [1.165, 1.54) is 82.6 Å². The summed E-state index contributed by atoms with van der Waals surface area (Å²) in [5, 5.41) is 0.286. The lowest BCUT2D eigenvalue weighted by molar-refractivity contribution is -0.226. The van der Waals surface area contributed by atoms with Crippen LogP contribution in [0.5, 0.6) is 0 Å². The molecule has 0 bridgehead atoms. The van der Waals surface area contributed by atoms with Gasteiger partial charge in [0.25, 0.3) is 0 Å². The predicted octanol–water partition coefficient (Wildman–Crippen LogP) is 11.2. The van der Waals surface area contributed by atoms with Gasteiger partial charge in [0.1, 0.15) is 0 Å². The molecule has 5 heteroatoms. The van der Waals surface area contributed by atoms with Crippen molar-refractivity contribution in [3.63, 3.8) is 0 Å². The summed E-state index contributed by atoms with van der Waals surface area (Å²) in [6.07, 6.45) is 17.2. The summed E-state index contributed by atoms with van der Waals surface area (Å²) in [6.45, 7) is 22.4. The third-order valence-electron chi connectivity index (χ3n) is 15.2. The zero-order valence-electron chi connectivity index (χ0n) is 31.5. The zero-order chi connectivity index (χ0) is 33.5. The van der Waals surface area contributed by atoms with Gasteiger partial charge in [-0.3, -0.25) is 0 Å². The average Bonchev–Trinajstić information content (AvgIpc) is 3.40. The summed E-state index contributed by atoms with van der Waals surface area (Å²) in [5.41, 5.74) is 2.14. The predicted molar refractivity (Wildman–Crippen MR) is 196 cm³/mol. The second-order valence-corrected chi connectivity index (χ2v) is 23.7. The van der Waals surface area contributed by atoms with Crippen LogP contribution in [0.25, 0.3) is 0 Å². The number of ether oxygens (including phenoxy) is 3. The monoisotopic (exact) mass is 667 g/mol. The van der Waals surface area contributed by atoms with E-state index in [2.05, 4.69) is 85.0 Å². The molecule has 266 valence electrons. The fourth-order valence-corrected chi connectivity index (χ4v) is 12.5. The van der Waals surface area contributed by atoms with E-state index in [0.29, 0.717) is 34.9 Å². The van der Waals surface area contributed by atoms with Crippen molar-refractivity contribution in [3.05, 3.63) is 35.9 Å². The standard InChI is InChI=1S/C42H70O4Si/c1-30(15-14-26-45-47(7,8)40(2,3)4)34-19-20-35-39-36(22-24-42(34,35)6)41(5)23-21-33(46-38-18-12-13-25-43-38)27-32(41)28-37(39)44-29-31-16-10-9-11-17-31/h9-11,16-17,30,32-39H,12-15,18-29H2,1-8H3/t30-,32?,33-,34+,35?,36?,37-,38?,39?,41-,42+/m0/s1. The lowest BCUT2D eigenvalue weighted by Crippen LogP contribution is -2.59. The van der Waals surface area contributed by atoms with Crippen molar-refractivity contribution in [3.8, 4) is 0 Å². The van der Waals surface area contributed by atoms with E-state index in [-0.39, 0.29) is 11.3 Å². The molecule has 1 aromatic rings. The first kappa shape index (κ1) is 36.1. The first-order valence-electron chi connectivity index (χ1n) is 19.9. The summed E-state index contributed by atoms with van der Waals surface area (Å²) in [7, 11) is -1.68. The second-order valence-electron chi connectivity index (χ2n) is 18.8. The van der Waals surface area contributed by atoms with Crippen LogP contribution in [-0.4, -0.2) is 40.0 Å². The van der Waals surface area contributed by atoms with Gasteiger partial charge in [-0.05, 0) is 154 Å². The van der Waals surface area contributed by atoms with Crippen molar-refractivity contribution in [1.29, 1.82) is 0 Å². The highest BCUT2D eigenvalue weighted by molar-refractivity contribution is 6.74. The van der Waals surface area contributed by atoms with E-state index in [0.717, 1.165) is 49.9 Å². The molecule has 1 aromatic carbocycles. The van der Waals surface area contributed by atoms with Gasteiger partial charge in [0, 0.05) is 13.2 Å². The minimum absolute atomic E-state index is 0.0194. The molecular weight excluding hydrogens is 597 g/mol. The van der Waals surface area contributed by atoms with Crippen molar-refractivity contribution in [1.82, 2.24) is 0 Å². The largest absolute Gasteiger partial charge is 0.417 e. The summed E-state index contributed by atoms with van der Waals surface area (Å²) >= 11 is 0. The number of benzene rings is 1. The fourth-order valence-electron chi connectivity index (χ4n) is 11.4. The van der Waals surface area contributed by atoms with Crippen LogP contribution >= 0.6 is 0 Å². The Morgan fingerprint density at radius 3 is 2.38 bits per heavy atom. The van der Waals surface area contributed by atoms with Crippen molar-refractivity contribution >= 4 is 8.32 Å². The van der Waals surface area contributed by atoms with Crippen molar-refractivity contribution in [2.24, 2.45) is 46.3 Å². The molecule has 0 spiro atoms. The summed E-state index contributed by atoms with van der Waals surface area (Å²) in [6, 6.07) is 10.9. The SMILES string of the molecule is C[C@@H](CCCO[Si](C)(C)C(C)(C)C)[C@H]1CCC2C3C(CC[C@@]21C)[C@@]1(C)CC[C@H](OC2CCCCO2)CC1C[C@@H]3OCc1ccccc1. The van der Waals surface area contributed by atoms with Crippen LogP contribution in [0.3, 0.4) is 0 Å². The molecule has 0 aromatic heterocycles. The van der Waals surface area contributed by atoms with Crippen LogP contribution < -0.4 is 0 Å². The molecule has 47 heavy (non-hydrogen) atoms. The topological polar surface area (TPSA) is 36.9 Å². The molecule has 5 aliphatic rings. The Morgan fingerprint density at radius 2 is 1.66 bits per heavy atom. The Bertz CT molecular complexity index is 1140. The zero-order valence-corrected chi connectivity index (χ0v) is 32.5. The van der Waals surface area contributed by atoms with Gasteiger partial charge in [0.05, 0.1) is 18.8 Å². The fraction of sp³-hybridized carbons (Fsp3) is 0.857. The third-order valence-corrected chi connectivity index (χ3v) is 19.8. The molecular formula is C42H70O4Si. The van der Waals surface area contributed by atoms with E-state index in [4.69, 9.17) is 18.6 Å². The van der Waals surface area contributed by atoms with E-state index in [1.807, 2.05) is 0 Å². The van der Waals surface area contributed by atoms with Gasteiger partial charge in [0.15, 0.2) is 14.6 Å². The molecule has 0 radical (unpaired) electrons. The summed E-state index contributed by atoms with van der Waals surface area (Å²) in [4.78, 5) is 0. The molecule has 1 saturated heterocycles. The second kappa shape index (κ2) is 14.5. The van der Waals surface area contributed by atoms with Crippen LogP contribution in [-0.2, 0) is 25.2 Å². The van der Waals surface area contributed by atoms with Gasteiger partial charge < -0.3 is 18.6 Å². The highest BCUT2D eigenvalue weighted by atomic mass is 28.4. The van der Waals surface area contributed by atoms with Crippen molar-refractivity contribution in [2.45, 2.75) is 168 Å². The molecule has 6 rings (SSSR count). The summed E-state index contributed by atoms with van der Waals surface area (Å²) < 4.78 is 26.4. The molecule has 1 aliphatic heterocycles. The Balaban J connectivity index is 1.16. The van der Waals surface area contributed by atoms with E-state index < -0.39 is 8.32 Å². The highest BCUT2D eigenvalue weighted by Crippen LogP contribution is 2.69. The first-order valence-corrected chi connectivity index (χ1v) is 22.8. The molecule has 0 N–H and O–H groups in total. The Hall–Kier alpha value is -0.723. The van der Waals surface area contributed by atoms with Gasteiger partial charge in [-0.2, -0.15) is 0 Å². The Labute approximate surface area is 289 Å². The van der Waals surface area contributed by atoms with Crippen LogP contribution in [0.4, 0.5) is 0 Å². The first-order chi connectivity index (χ1) is 22.3. The molecule has 5 unspecified atom stereocenters. The smallest absolute Gasteiger partial charge is 0.191 e. The molecule has 4 nitrogen and oxygen atoms in total. The van der Waals surface area contributed by atoms with Crippen LogP contribution in [0.15, 0.2) is 30.3 Å². The van der Waals surface area contributed by atoms with E-state index in [9.17, 15) is 0 Å². The third kappa shape index (κ3) is 7.51. The quantitative estimate of drug-likeness (QED) is 0.134. The Kier molecular flexibility index (Phi) is 11.1. The number of hydrogen-bond acceptors (Lipinski definition) is 4. The minimum atomic E-state index is -1.68. The van der Waals surface area contributed by atoms with E-state index >= 15 is 0 Å². The molecule has 0 amide bonds. The minimum Gasteiger partial charge on any atom is -0.417 e. The summed E-state index contributed by atoms with van der Waals surface area (Å²) in [5.74, 6) is 4.47. The van der Waals surface area contributed by atoms with Gasteiger partial charge in [-0.25, -0.2) is 0 Å². The van der Waals surface area contributed by atoms with Crippen LogP contribution in [0.2, 0.25) is 18.1 Å².